The van der Waals surface area contributed by atoms with Crippen molar-refractivity contribution in [3.8, 4) is 5.88 Å². The molecule has 1 aromatic heterocycles. The van der Waals surface area contributed by atoms with Gasteiger partial charge in [0.25, 0.3) is 0 Å². The molecular formula is C11H19N3O2. The van der Waals surface area contributed by atoms with E-state index in [2.05, 4.69) is 16.9 Å². The van der Waals surface area contributed by atoms with Crippen LogP contribution in [-0.2, 0) is 11.3 Å². The molecule has 0 atom stereocenters. The number of nitrogen functional groups attached to an aromatic ring is 1. The van der Waals surface area contributed by atoms with Gasteiger partial charge >= 0.3 is 0 Å². The Hall–Kier alpha value is -1.36. The summed E-state index contributed by atoms with van der Waals surface area (Å²) in [6.07, 6.45) is 2.09. The van der Waals surface area contributed by atoms with Crippen LogP contribution in [0, 0.1) is 0 Å². The summed E-state index contributed by atoms with van der Waals surface area (Å²) >= 11 is 0. The number of nitrogens with zero attached hydrogens (tertiary/aromatic N) is 2. The average molecular weight is 225 g/mol. The van der Waals surface area contributed by atoms with Gasteiger partial charge in [-0.3, -0.25) is 0 Å². The van der Waals surface area contributed by atoms with E-state index in [1.807, 2.05) is 6.92 Å². The third kappa shape index (κ3) is 4.44. The van der Waals surface area contributed by atoms with Gasteiger partial charge in [0, 0.05) is 12.7 Å². The summed E-state index contributed by atoms with van der Waals surface area (Å²) in [5.41, 5.74) is 5.65. The number of rotatable bonds is 7. The van der Waals surface area contributed by atoms with Gasteiger partial charge in [-0.1, -0.05) is 13.3 Å². The second kappa shape index (κ2) is 7.00. The van der Waals surface area contributed by atoms with Crippen LogP contribution in [0.3, 0.4) is 0 Å². The molecule has 0 aliphatic rings. The maximum absolute atomic E-state index is 5.65. The van der Waals surface area contributed by atoms with Crippen LogP contribution < -0.4 is 10.5 Å². The molecule has 0 aliphatic carbocycles. The minimum Gasteiger partial charge on any atom is -0.478 e. The van der Waals surface area contributed by atoms with Crippen molar-refractivity contribution in [3.63, 3.8) is 0 Å². The first kappa shape index (κ1) is 12.7. The minimum absolute atomic E-state index is 0.367. The summed E-state index contributed by atoms with van der Waals surface area (Å²) in [4.78, 5) is 8.27. The van der Waals surface area contributed by atoms with Gasteiger partial charge in [0.2, 0.25) is 5.88 Å². The van der Waals surface area contributed by atoms with Crippen LogP contribution in [0.15, 0.2) is 6.07 Å². The summed E-state index contributed by atoms with van der Waals surface area (Å²) in [7, 11) is 0. The van der Waals surface area contributed by atoms with Crippen LogP contribution in [0.25, 0.3) is 0 Å². The highest BCUT2D eigenvalue weighted by Gasteiger charge is 2.03. The van der Waals surface area contributed by atoms with Crippen LogP contribution in [0.5, 0.6) is 5.88 Å². The summed E-state index contributed by atoms with van der Waals surface area (Å²) < 4.78 is 10.7. The van der Waals surface area contributed by atoms with Crippen molar-refractivity contribution in [2.75, 3.05) is 18.9 Å². The number of hydrogen-bond donors (Lipinski definition) is 1. The number of aromatic nitrogens is 2. The van der Waals surface area contributed by atoms with Gasteiger partial charge in [0.1, 0.15) is 12.4 Å². The molecular weight excluding hydrogens is 206 g/mol. The predicted octanol–water partition coefficient (Wildman–Crippen LogP) is 1.77. The number of unbranched alkanes of at least 4 members (excludes halogenated alkanes) is 1. The Balaban J connectivity index is 2.58. The highest BCUT2D eigenvalue weighted by atomic mass is 16.5. The van der Waals surface area contributed by atoms with Crippen LogP contribution in [-0.4, -0.2) is 23.2 Å². The number of anilines is 1. The van der Waals surface area contributed by atoms with E-state index in [4.69, 9.17) is 15.2 Å². The van der Waals surface area contributed by atoms with E-state index in [-0.39, 0.29) is 0 Å². The van der Waals surface area contributed by atoms with E-state index in [1.165, 1.54) is 0 Å². The molecule has 0 spiro atoms. The molecule has 16 heavy (non-hydrogen) atoms. The average Bonchev–Trinajstić information content (AvgIpc) is 2.26. The fourth-order valence-electron chi connectivity index (χ4n) is 1.15. The molecule has 1 aromatic rings. The second-order valence-corrected chi connectivity index (χ2v) is 3.39. The van der Waals surface area contributed by atoms with E-state index >= 15 is 0 Å². The molecule has 5 heteroatoms. The van der Waals surface area contributed by atoms with Gasteiger partial charge in [-0.2, -0.15) is 4.98 Å². The Labute approximate surface area is 96.0 Å². The highest BCUT2D eigenvalue weighted by molar-refractivity contribution is 5.32. The van der Waals surface area contributed by atoms with Crippen LogP contribution in [0.4, 0.5) is 5.82 Å². The topological polar surface area (TPSA) is 70.3 Å². The van der Waals surface area contributed by atoms with E-state index in [1.54, 1.807) is 6.07 Å². The molecule has 0 bridgehead atoms. The lowest BCUT2D eigenvalue weighted by Crippen LogP contribution is -2.06. The quantitative estimate of drug-likeness (QED) is 0.716. The zero-order valence-corrected chi connectivity index (χ0v) is 9.90. The Bertz CT molecular complexity index is 318. The molecule has 0 aliphatic heterocycles. The SMILES string of the molecule is CCCCOc1cc(N)nc(COCC)n1. The van der Waals surface area contributed by atoms with E-state index in [0.29, 0.717) is 37.3 Å². The Morgan fingerprint density at radius 1 is 1.31 bits per heavy atom. The number of ether oxygens (including phenoxy) is 2. The number of nitrogens with two attached hydrogens (primary N) is 1. The summed E-state index contributed by atoms with van der Waals surface area (Å²) in [6, 6.07) is 1.63. The minimum atomic E-state index is 0.367. The molecule has 0 saturated heterocycles. The van der Waals surface area contributed by atoms with E-state index < -0.39 is 0 Å². The molecule has 0 radical (unpaired) electrons. The van der Waals surface area contributed by atoms with Crippen molar-refractivity contribution >= 4 is 5.82 Å². The van der Waals surface area contributed by atoms with Gasteiger partial charge in [0.15, 0.2) is 5.82 Å². The molecule has 1 heterocycles. The fraction of sp³-hybridized carbons (Fsp3) is 0.636. The maximum atomic E-state index is 5.65. The highest BCUT2D eigenvalue weighted by Crippen LogP contribution is 2.12. The van der Waals surface area contributed by atoms with Crippen molar-refractivity contribution < 1.29 is 9.47 Å². The third-order valence-corrected chi connectivity index (χ3v) is 1.95. The Morgan fingerprint density at radius 2 is 2.12 bits per heavy atom. The van der Waals surface area contributed by atoms with Crippen molar-refractivity contribution in [2.45, 2.75) is 33.3 Å². The second-order valence-electron chi connectivity index (χ2n) is 3.39. The summed E-state index contributed by atoms with van der Waals surface area (Å²) in [6.45, 7) is 5.68. The molecule has 1 rings (SSSR count). The molecule has 0 aromatic carbocycles. The summed E-state index contributed by atoms with van der Waals surface area (Å²) in [5, 5.41) is 0. The molecule has 90 valence electrons. The monoisotopic (exact) mass is 225 g/mol. The van der Waals surface area contributed by atoms with Crippen LogP contribution in [0.1, 0.15) is 32.5 Å². The Kier molecular flexibility index (Phi) is 5.56. The standard InChI is InChI=1S/C11H19N3O2/c1-3-5-6-16-11-7-9(12)13-10(14-11)8-15-4-2/h7H,3-6,8H2,1-2H3,(H2,12,13,14). The van der Waals surface area contributed by atoms with Gasteiger partial charge in [0.05, 0.1) is 6.61 Å². The smallest absolute Gasteiger partial charge is 0.218 e. The molecule has 0 saturated carbocycles. The first-order valence-corrected chi connectivity index (χ1v) is 5.60. The van der Waals surface area contributed by atoms with Gasteiger partial charge in [-0.05, 0) is 13.3 Å². The van der Waals surface area contributed by atoms with Crippen molar-refractivity contribution in [1.29, 1.82) is 0 Å². The van der Waals surface area contributed by atoms with Crippen LogP contribution in [0.2, 0.25) is 0 Å². The van der Waals surface area contributed by atoms with Gasteiger partial charge < -0.3 is 15.2 Å². The fourth-order valence-corrected chi connectivity index (χ4v) is 1.15. The van der Waals surface area contributed by atoms with Crippen molar-refractivity contribution in [1.82, 2.24) is 9.97 Å². The Morgan fingerprint density at radius 3 is 2.81 bits per heavy atom. The lowest BCUT2D eigenvalue weighted by Gasteiger charge is -2.07. The normalized spacial score (nSPS) is 10.4. The summed E-state index contributed by atoms with van der Waals surface area (Å²) in [5.74, 6) is 1.50. The largest absolute Gasteiger partial charge is 0.478 e. The van der Waals surface area contributed by atoms with Gasteiger partial charge in [-0.15, -0.1) is 0 Å². The van der Waals surface area contributed by atoms with Crippen LogP contribution >= 0.6 is 0 Å². The lowest BCUT2D eigenvalue weighted by atomic mass is 10.4. The van der Waals surface area contributed by atoms with E-state index in [9.17, 15) is 0 Å². The van der Waals surface area contributed by atoms with Crippen molar-refractivity contribution in [2.24, 2.45) is 0 Å². The molecule has 0 unspecified atom stereocenters. The zero-order valence-electron chi connectivity index (χ0n) is 9.90. The molecule has 0 amide bonds. The predicted molar refractivity (Wildman–Crippen MR) is 62.2 cm³/mol. The third-order valence-electron chi connectivity index (χ3n) is 1.95. The molecule has 5 nitrogen and oxygen atoms in total. The van der Waals surface area contributed by atoms with Crippen molar-refractivity contribution in [3.05, 3.63) is 11.9 Å². The maximum Gasteiger partial charge on any atom is 0.218 e. The van der Waals surface area contributed by atoms with Gasteiger partial charge in [-0.25, -0.2) is 4.98 Å². The first-order valence-electron chi connectivity index (χ1n) is 5.60. The first-order chi connectivity index (χ1) is 7.76. The molecule has 0 fully saturated rings. The zero-order chi connectivity index (χ0) is 11.8. The van der Waals surface area contributed by atoms with E-state index in [0.717, 1.165) is 12.8 Å². The number of hydrogen-bond acceptors (Lipinski definition) is 5. The molecule has 2 N–H and O–H groups in total. The lowest BCUT2D eigenvalue weighted by molar-refractivity contribution is 0.127.